The van der Waals surface area contributed by atoms with Gasteiger partial charge < -0.3 is 0 Å². The zero-order valence-corrected chi connectivity index (χ0v) is 17.3. The number of aromatic nitrogens is 4. The fourth-order valence-electron chi connectivity index (χ4n) is 3.55. The molecule has 2 aromatic carbocycles. The Morgan fingerprint density at radius 3 is 1.87 bits per heavy atom. The Kier molecular flexibility index (Phi) is 4.28. The fraction of sp³-hybridized carbons (Fsp3) is 0.154. The van der Waals surface area contributed by atoms with Gasteiger partial charge in [0.1, 0.15) is 5.69 Å². The molecule has 0 fully saturated rings. The number of hydrogen-bond acceptors (Lipinski definition) is 4. The van der Waals surface area contributed by atoms with Crippen molar-refractivity contribution in [1.29, 1.82) is 0 Å². The summed E-state index contributed by atoms with van der Waals surface area (Å²) in [6.07, 6.45) is 3.70. The Balaban J connectivity index is 1.62. The van der Waals surface area contributed by atoms with Crippen molar-refractivity contribution < 1.29 is 0 Å². The molecule has 5 aromatic rings. The number of benzene rings is 2. The van der Waals surface area contributed by atoms with E-state index >= 15 is 0 Å². The van der Waals surface area contributed by atoms with Crippen LogP contribution in [0.2, 0.25) is 0 Å². The van der Waals surface area contributed by atoms with E-state index in [0.717, 1.165) is 44.3 Å². The van der Waals surface area contributed by atoms with Gasteiger partial charge in [-0.05, 0) is 17.7 Å². The summed E-state index contributed by atoms with van der Waals surface area (Å²) in [5.41, 5.74) is 5.66. The number of hydrogen-bond donors (Lipinski definition) is 0. The van der Waals surface area contributed by atoms with Crippen molar-refractivity contribution in [3.8, 4) is 22.6 Å². The molecule has 0 N–H and O–H groups in total. The van der Waals surface area contributed by atoms with E-state index in [1.807, 2.05) is 36.7 Å². The van der Waals surface area contributed by atoms with Crippen molar-refractivity contribution >= 4 is 21.8 Å². The number of pyridine rings is 2. The van der Waals surface area contributed by atoms with E-state index in [4.69, 9.17) is 9.97 Å². The fourth-order valence-corrected chi connectivity index (χ4v) is 3.55. The van der Waals surface area contributed by atoms with Gasteiger partial charge in [0.2, 0.25) is 0 Å². The number of fused-ring (bicyclic) bond motifs is 3. The van der Waals surface area contributed by atoms with Crippen LogP contribution in [0.15, 0.2) is 79.1 Å². The highest BCUT2D eigenvalue weighted by molar-refractivity contribution is 6.03. The van der Waals surface area contributed by atoms with Gasteiger partial charge in [-0.2, -0.15) is 0 Å². The Morgan fingerprint density at radius 1 is 0.600 bits per heavy atom. The van der Waals surface area contributed by atoms with Crippen LogP contribution in [-0.4, -0.2) is 19.9 Å². The lowest BCUT2D eigenvalue weighted by Gasteiger charge is -2.18. The second kappa shape index (κ2) is 6.99. The maximum absolute atomic E-state index is 4.96. The molecule has 0 saturated carbocycles. The molecule has 3 aromatic heterocycles. The molecule has 5 rings (SSSR count). The van der Waals surface area contributed by atoms with Crippen molar-refractivity contribution in [2.24, 2.45) is 0 Å². The summed E-state index contributed by atoms with van der Waals surface area (Å²) in [6, 6.07) is 22.6. The molecule has 0 spiro atoms. The highest BCUT2D eigenvalue weighted by atomic mass is 14.9. The van der Waals surface area contributed by atoms with Gasteiger partial charge in [0.15, 0.2) is 5.82 Å². The third kappa shape index (κ3) is 3.30. The van der Waals surface area contributed by atoms with Crippen molar-refractivity contribution in [3.63, 3.8) is 0 Å². The summed E-state index contributed by atoms with van der Waals surface area (Å²) >= 11 is 0. The molecule has 0 atom stereocenters. The van der Waals surface area contributed by atoms with E-state index in [1.54, 1.807) is 0 Å². The van der Waals surface area contributed by atoms with Gasteiger partial charge in [-0.25, -0.2) is 19.9 Å². The van der Waals surface area contributed by atoms with E-state index in [-0.39, 0.29) is 5.41 Å². The van der Waals surface area contributed by atoms with Gasteiger partial charge in [0, 0.05) is 39.8 Å². The first-order valence-corrected chi connectivity index (χ1v) is 10.1. The molecule has 4 heteroatoms. The Hall–Kier alpha value is -3.66. The molecule has 4 nitrogen and oxygen atoms in total. The molecular formula is C26H22N4. The predicted molar refractivity (Wildman–Crippen MR) is 122 cm³/mol. The molecule has 3 heterocycles. The van der Waals surface area contributed by atoms with Crippen molar-refractivity contribution in [2.45, 2.75) is 26.2 Å². The molecule has 0 radical (unpaired) electrons. The normalized spacial score (nSPS) is 11.8. The van der Waals surface area contributed by atoms with Crippen molar-refractivity contribution in [2.75, 3.05) is 0 Å². The smallest absolute Gasteiger partial charge is 0.178 e. The monoisotopic (exact) mass is 390 g/mol. The molecule has 0 amide bonds. The average Bonchev–Trinajstić information content (AvgIpc) is 2.78. The molecule has 0 bridgehead atoms. The van der Waals surface area contributed by atoms with E-state index in [0.29, 0.717) is 5.82 Å². The number of rotatable bonds is 2. The zero-order chi connectivity index (χ0) is 20.7. The van der Waals surface area contributed by atoms with Crippen LogP contribution in [0.25, 0.3) is 44.5 Å². The quantitative estimate of drug-likeness (QED) is 0.337. The lowest BCUT2D eigenvalue weighted by molar-refractivity contribution is 0.571. The van der Waals surface area contributed by atoms with Gasteiger partial charge in [0.05, 0.1) is 11.0 Å². The van der Waals surface area contributed by atoms with Crippen LogP contribution in [0.5, 0.6) is 0 Å². The van der Waals surface area contributed by atoms with Gasteiger partial charge >= 0.3 is 0 Å². The second-order valence-corrected chi connectivity index (χ2v) is 8.51. The molecule has 30 heavy (non-hydrogen) atoms. The molecule has 146 valence electrons. The highest BCUT2D eigenvalue weighted by Crippen LogP contribution is 2.28. The first kappa shape index (κ1) is 18.4. The van der Waals surface area contributed by atoms with Crippen LogP contribution >= 0.6 is 0 Å². The zero-order valence-electron chi connectivity index (χ0n) is 17.3. The maximum Gasteiger partial charge on any atom is 0.178 e. The molecule has 0 saturated heterocycles. The van der Waals surface area contributed by atoms with E-state index in [1.165, 1.54) is 0 Å². The average molecular weight is 390 g/mol. The second-order valence-electron chi connectivity index (χ2n) is 8.51. The van der Waals surface area contributed by atoms with Crippen LogP contribution in [0, 0.1) is 0 Å². The van der Waals surface area contributed by atoms with Crippen LogP contribution in [-0.2, 0) is 5.41 Å². The summed E-state index contributed by atoms with van der Waals surface area (Å²) < 4.78 is 0. The van der Waals surface area contributed by atoms with Crippen LogP contribution in [0.4, 0.5) is 0 Å². The largest absolute Gasteiger partial charge is 0.250 e. The minimum Gasteiger partial charge on any atom is -0.250 e. The minimum absolute atomic E-state index is 0.0235. The van der Waals surface area contributed by atoms with Gasteiger partial charge in [0.25, 0.3) is 0 Å². The summed E-state index contributed by atoms with van der Waals surface area (Å²) in [4.78, 5) is 19.0. The summed E-state index contributed by atoms with van der Waals surface area (Å²) in [7, 11) is 0. The number of nitrogens with zero attached hydrogens (tertiary/aromatic N) is 4. The van der Waals surface area contributed by atoms with Gasteiger partial charge in [-0.3, -0.25) is 0 Å². The lowest BCUT2D eigenvalue weighted by atomic mass is 9.91. The summed E-state index contributed by atoms with van der Waals surface area (Å²) in [5, 5.41) is 2.14. The van der Waals surface area contributed by atoms with E-state index < -0.39 is 0 Å². The third-order valence-corrected chi connectivity index (χ3v) is 5.28. The van der Waals surface area contributed by atoms with Crippen LogP contribution in [0.1, 0.15) is 26.5 Å². The molecule has 0 aliphatic heterocycles. The molecule has 0 aliphatic carbocycles. The van der Waals surface area contributed by atoms with Crippen molar-refractivity contribution in [1.82, 2.24) is 19.9 Å². The molecule has 0 aliphatic rings. The maximum atomic E-state index is 4.96. The first-order valence-electron chi connectivity index (χ1n) is 10.1. The predicted octanol–water partition coefficient (Wildman–Crippen LogP) is 6.20. The van der Waals surface area contributed by atoms with Gasteiger partial charge in [-0.15, -0.1) is 0 Å². The third-order valence-electron chi connectivity index (χ3n) is 5.28. The van der Waals surface area contributed by atoms with E-state index in [9.17, 15) is 0 Å². The van der Waals surface area contributed by atoms with Gasteiger partial charge in [-0.1, -0.05) is 75.4 Å². The Bertz CT molecular complexity index is 1350. The van der Waals surface area contributed by atoms with E-state index in [2.05, 4.69) is 73.2 Å². The Labute approximate surface area is 175 Å². The molecule has 0 unspecified atom stereocenters. The SMILES string of the molecule is CC(C)(C)c1ccc2ccc3ccc(-c4ncc(-c5ccccc5)cn4)nc3c2n1. The summed E-state index contributed by atoms with van der Waals surface area (Å²) in [5.74, 6) is 0.612. The first-order chi connectivity index (χ1) is 14.5. The minimum atomic E-state index is -0.0235. The summed E-state index contributed by atoms with van der Waals surface area (Å²) in [6.45, 7) is 6.52. The standard InChI is InChI=1S/C26H22N4/c1-26(2,3)22-14-12-19-10-9-18-11-13-21(29-23(18)24(19)30-22)25-27-15-20(16-28-25)17-7-5-4-6-8-17/h4-16H,1-3H3. The highest BCUT2D eigenvalue weighted by Gasteiger charge is 2.17. The Morgan fingerprint density at radius 2 is 1.20 bits per heavy atom. The molecular weight excluding hydrogens is 368 g/mol. The topological polar surface area (TPSA) is 51.6 Å². The van der Waals surface area contributed by atoms with Crippen LogP contribution in [0.3, 0.4) is 0 Å². The van der Waals surface area contributed by atoms with Crippen molar-refractivity contribution in [3.05, 3.63) is 84.8 Å². The lowest BCUT2D eigenvalue weighted by Crippen LogP contribution is -2.13. The van der Waals surface area contributed by atoms with Crippen LogP contribution < -0.4 is 0 Å².